The first-order valence-corrected chi connectivity index (χ1v) is 8.99. The van der Waals surface area contributed by atoms with Crippen LogP contribution in [-0.4, -0.2) is 46.7 Å². The Morgan fingerprint density at radius 1 is 1.20 bits per heavy atom. The molecule has 30 heavy (non-hydrogen) atoms. The van der Waals surface area contributed by atoms with E-state index in [1.807, 2.05) is 0 Å². The summed E-state index contributed by atoms with van der Waals surface area (Å²) < 4.78 is 16.1. The molecule has 11 heteroatoms. The standard InChI is InChI=1S/C19H16N2O9/c1-9(22)28-18(29-10(2)23)19-7-6-13(30-19)14-15(19)17(25)20(16(14)24)11-4-3-5-12(8-11)21(26)27/h3-8,13-15,18H,1-2H3. The fourth-order valence-corrected chi connectivity index (χ4v) is 4.22. The summed E-state index contributed by atoms with van der Waals surface area (Å²) in [6.45, 7) is 2.21. The van der Waals surface area contributed by atoms with Crippen molar-refractivity contribution in [1.82, 2.24) is 0 Å². The molecule has 2 amide bonds. The van der Waals surface area contributed by atoms with E-state index in [0.717, 1.165) is 24.8 Å². The average Bonchev–Trinajstić information content (AvgIpc) is 3.32. The number of carbonyl (C=O) groups excluding carboxylic acids is 4. The molecule has 0 aliphatic carbocycles. The molecule has 3 aliphatic heterocycles. The summed E-state index contributed by atoms with van der Waals surface area (Å²) in [6.07, 6.45) is 0.621. The minimum Gasteiger partial charge on any atom is -0.422 e. The zero-order valence-corrected chi connectivity index (χ0v) is 15.8. The lowest BCUT2D eigenvalue weighted by Crippen LogP contribution is -2.52. The van der Waals surface area contributed by atoms with Gasteiger partial charge in [-0.3, -0.25) is 29.3 Å². The average molecular weight is 416 g/mol. The van der Waals surface area contributed by atoms with Gasteiger partial charge in [0.15, 0.2) is 5.60 Å². The summed E-state index contributed by atoms with van der Waals surface area (Å²) >= 11 is 0. The Balaban J connectivity index is 1.75. The maximum Gasteiger partial charge on any atom is 0.305 e. The molecule has 0 spiro atoms. The van der Waals surface area contributed by atoms with E-state index in [4.69, 9.17) is 14.2 Å². The maximum atomic E-state index is 13.3. The van der Waals surface area contributed by atoms with Crippen molar-refractivity contribution in [2.75, 3.05) is 4.90 Å². The number of esters is 2. The van der Waals surface area contributed by atoms with Crippen LogP contribution in [0.1, 0.15) is 13.8 Å². The van der Waals surface area contributed by atoms with Gasteiger partial charge in [-0.25, -0.2) is 4.90 Å². The van der Waals surface area contributed by atoms with Gasteiger partial charge in [0.05, 0.1) is 28.6 Å². The summed E-state index contributed by atoms with van der Waals surface area (Å²) in [5.41, 5.74) is -1.91. The minimum atomic E-state index is -1.67. The second kappa shape index (κ2) is 6.73. The van der Waals surface area contributed by atoms with Gasteiger partial charge in [-0.15, -0.1) is 0 Å². The number of imide groups is 1. The summed E-state index contributed by atoms with van der Waals surface area (Å²) in [5, 5.41) is 11.1. The second-order valence-corrected chi connectivity index (χ2v) is 7.14. The zero-order valence-electron chi connectivity index (χ0n) is 15.8. The molecule has 1 aromatic carbocycles. The molecular formula is C19H16N2O9. The third-order valence-electron chi connectivity index (χ3n) is 5.29. The molecule has 3 heterocycles. The van der Waals surface area contributed by atoms with Crippen LogP contribution < -0.4 is 4.90 Å². The number of nitro benzene ring substituents is 1. The first kappa shape index (κ1) is 19.7. The Labute approximate surface area is 169 Å². The first-order valence-electron chi connectivity index (χ1n) is 8.99. The molecule has 11 nitrogen and oxygen atoms in total. The maximum absolute atomic E-state index is 13.3. The molecule has 2 fully saturated rings. The van der Waals surface area contributed by atoms with Gasteiger partial charge in [0.1, 0.15) is 0 Å². The number of nitro groups is 1. The zero-order chi connectivity index (χ0) is 21.8. The molecule has 2 saturated heterocycles. The Morgan fingerprint density at radius 3 is 2.47 bits per heavy atom. The van der Waals surface area contributed by atoms with E-state index in [0.29, 0.717) is 0 Å². The number of anilines is 1. The topological polar surface area (TPSA) is 142 Å². The van der Waals surface area contributed by atoms with Crippen molar-refractivity contribution in [3.05, 3.63) is 46.5 Å². The van der Waals surface area contributed by atoms with Gasteiger partial charge in [0.2, 0.25) is 11.8 Å². The highest BCUT2D eigenvalue weighted by atomic mass is 16.7. The van der Waals surface area contributed by atoms with Crippen LogP contribution in [0.3, 0.4) is 0 Å². The number of amides is 2. The van der Waals surface area contributed by atoms with Crippen LogP contribution in [0.25, 0.3) is 0 Å². The summed E-state index contributed by atoms with van der Waals surface area (Å²) in [7, 11) is 0. The van der Waals surface area contributed by atoms with Gasteiger partial charge in [0.25, 0.3) is 12.0 Å². The van der Waals surface area contributed by atoms with Crippen molar-refractivity contribution in [2.45, 2.75) is 31.8 Å². The lowest BCUT2D eigenvalue weighted by Gasteiger charge is -2.34. The minimum absolute atomic E-state index is 0.0414. The molecule has 4 rings (SSSR count). The molecule has 4 unspecified atom stereocenters. The van der Waals surface area contributed by atoms with E-state index in [1.54, 1.807) is 6.08 Å². The molecule has 3 aliphatic rings. The smallest absolute Gasteiger partial charge is 0.305 e. The lowest BCUT2D eigenvalue weighted by atomic mass is 9.76. The van der Waals surface area contributed by atoms with Crippen LogP contribution in [0.15, 0.2) is 36.4 Å². The molecule has 0 radical (unpaired) electrons. The molecular weight excluding hydrogens is 400 g/mol. The molecule has 4 atom stereocenters. The van der Waals surface area contributed by atoms with E-state index in [9.17, 15) is 29.3 Å². The Bertz CT molecular complexity index is 1000. The number of carbonyl (C=O) groups is 4. The van der Waals surface area contributed by atoms with Gasteiger partial charge in [-0.1, -0.05) is 12.1 Å². The predicted octanol–water partition coefficient (Wildman–Crippen LogP) is 0.860. The highest BCUT2D eigenvalue weighted by Crippen LogP contribution is 2.54. The Morgan fingerprint density at radius 2 is 1.87 bits per heavy atom. The highest BCUT2D eigenvalue weighted by molar-refractivity contribution is 6.23. The van der Waals surface area contributed by atoms with E-state index in [-0.39, 0.29) is 11.4 Å². The normalized spacial score (nSPS) is 28.8. The van der Waals surface area contributed by atoms with Crippen LogP contribution in [0.5, 0.6) is 0 Å². The predicted molar refractivity (Wildman–Crippen MR) is 96.6 cm³/mol. The van der Waals surface area contributed by atoms with Gasteiger partial charge in [0, 0.05) is 26.0 Å². The number of benzene rings is 1. The number of hydrogen-bond donors (Lipinski definition) is 0. The van der Waals surface area contributed by atoms with Gasteiger partial charge >= 0.3 is 11.9 Å². The Kier molecular flexibility index (Phi) is 4.42. The van der Waals surface area contributed by atoms with Crippen molar-refractivity contribution in [3.8, 4) is 0 Å². The number of ether oxygens (including phenoxy) is 3. The second-order valence-electron chi connectivity index (χ2n) is 7.14. The van der Waals surface area contributed by atoms with Crippen LogP contribution in [-0.2, 0) is 33.4 Å². The third-order valence-corrected chi connectivity index (χ3v) is 5.29. The Hall–Kier alpha value is -3.60. The van der Waals surface area contributed by atoms with E-state index in [1.165, 1.54) is 24.3 Å². The van der Waals surface area contributed by atoms with Crippen LogP contribution in [0, 0.1) is 22.0 Å². The van der Waals surface area contributed by atoms with Crippen molar-refractivity contribution in [1.29, 1.82) is 0 Å². The molecule has 156 valence electrons. The van der Waals surface area contributed by atoms with Crippen LogP contribution in [0.2, 0.25) is 0 Å². The van der Waals surface area contributed by atoms with Crippen LogP contribution >= 0.6 is 0 Å². The molecule has 0 aromatic heterocycles. The van der Waals surface area contributed by atoms with E-state index >= 15 is 0 Å². The lowest BCUT2D eigenvalue weighted by molar-refractivity contribution is -0.384. The fraction of sp³-hybridized carbons (Fsp3) is 0.368. The van der Waals surface area contributed by atoms with Gasteiger partial charge in [-0.05, 0) is 12.1 Å². The van der Waals surface area contributed by atoms with Crippen molar-refractivity contribution in [2.24, 2.45) is 11.8 Å². The summed E-state index contributed by atoms with van der Waals surface area (Å²) in [6, 6.07) is 5.13. The highest BCUT2D eigenvalue weighted by Gasteiger charge is 2.72. The quantitative estimate of drug-likeness (QED) is 0.170. The van der Waals surface area contributed by atoms with Crippen molar-refractivity contribution >= 4 is 35.1 Å². The fourth-order valence-electron chi connectivity index (χ4n) is 4.22. The SMILES string of the molecule is CC(=O)OC(OC(C)=O)C12C=CC(O1)C1C(=O)N(c3cccc([N+](=O)[O-])c3)C(=O)C12. The number of fused-ring (bicyclic) bond motifs is 5. The molecule has 0 N–H and O–H groups in total. The van der Waals surface area contributed by atoms with Crippen LogP contribution in [0.4, 0.5) is 11.4 Å². The number of rotatable bonds is 5. The molecule has 0 saturated carbocycles. The van der Waals surface area contributed by atoms with Gasteiger partial charge in [-0.2, -0.15) is 0 Å². The third kappa shape index (κ3) is 2.77. The van der Waals surface area contributed by atoms with Crippen molar-refractivity contribution in [3.63, 3.8) is 0 Å². The van der Waals surface area contributed by atoms with E-state index in [2.05, 4.69) is 0 Å². The number of non-ortho nitro benzene ring substituents is 1. The molecule has 1 aromatic rings. The molecule has 2 bridgehead atoms. The summed E-state index contributed by atoms with van der Waals surface area (Å²) in [4.78, 5) is 60.8. The number of hydrogen-bond acceptors (Lipinski definition) is 9. The van der Waals surface area contributed by atoms with Gasteiger partial charge < -0.3 is 14.2 Å². The first-order chi connectivity index (χ1) is 14.2. The summed E-state index contributed by atoms with van der Waals surface area (Å²) in [5.74, 6) is -4.93. The van der Waals surface area contributed by atoms with Crippen molar-refractivity contribution < 1.29 is 38.3 Å². The monoisotopic (exact) mass is 416 g/mol. The number of nitrogens with zero attached hydrogens (tertiary/aromatic N) is 2. The van der Waals surface area contributed by atoms with E-state index < -0.39 is 58.5 Å². The largest absolute Gasteiger partial charge is 0.422 e.